The lowest BCUT2D eigenvalue weighted by molar-refractivity contribution is -0.139. The van der Waals surface area contributed by atoms with Crippen LogP contribution in [-0.2, 0) is 22.7 Å². The number of hydrogen-bond acceptors (Lipinski definition) is 5. The summed E-state index contributed by atoms with van der Waals surface area (Å²) in [6, 6.07) is 24.3. The first kappa shape index (κ1) is 21.6. The minimum absolute atomic E-state index is 0.218. The normalized spacial score (nSPS) is 10.5. The van der Waals surface area contributed by atoms with E-state index in [0.717, 1.165) is 16.9 Å². The second kappa shape index (κ2) is 11.2. The number of carbonyl (C=O) groups is 2. The van der Waals surface area contributed by atoms with Crippen molar-refractivity contribution in [2.45, 2.75) is 13.2 Å². The van der Waals surface area contributed by atoms with Gasteiger partial charge in [-0.15, -0.1) is 0 Å². The van der Waals surface area contributed by atoms with E-state index in [-0.39, 0.29) is 6.54 Å². The highest BCUT2D eigenvalue weighted by atomic mass is 16.5. The third kappa shape index (κ3) is 6.71. The Bertz CT molecular complexity index is 1030. The van der Waals surface area contributed by atoms with E-state index in [2.05, 4.69) is 15.8 Å². The molecule has 7 nitrogen and oxygen atoms in total. The lowest BCUT2D eigenvalue weighted by atomic mass is 10.2. The maximum absolute atomic E-state index is 12.0. The molecule has 0 spiro atoms. The van der Waals surface area contributed by atoms with Gasteiger partial charge in [0, 0.05) is 12.1 Å². The van der Waals surface area contributed by atoms with Gasteiger partial charge < -0.3 is 14.8 Å². The minimum atomic E-state index is -0.854. The first-order valence-corrected chi connectivity index (χ1v) is 9.65. The van der Waals surface area contributed by atoms with Crippen molar-refractivity contribution in [1.82, 2.24) is 10.7 Å². The number of ether oxygens (including phenoxy) is 2. The van der Waals surface area contributed by atoms with Crippen LogP contribution in [0.1, 0.15) is 16.7 Å². The van der Waals surface area contributed by atoms with Crippen LogP contribution in [0.3, 0.4) is 0 Å². The van der Waals surface area contributed by atoms with Gasteiger partial charge in [0.25, 0.3) is 0 Å². The summed E-state index contributed by atoms with van der Waals surface area (Å²) < 4.78 is 10.9. The van der Waals surface area contributed by atoms with Gasteiger partial charge in [-0.2, -0.15) is 5.10 Å². The molecule has 0 saturated heterocycles. The Balaban J connectivity index is 1.50. The van der Waals surface area contributed by atoms with Gasteiger partial charge in [0.1, 0.15) is 18.1 Å². The topological polar surface area (TPSA) is 89.0 Å². The number of rotatable bonds is 8. The average Bonchev–Trinajstić information content (AvgIpc) is 2.82. The van der Waals surface area contributed by atoms with Crippen molar-refractivity contribution in [3.63, 3.8) is 0 Å². The molecule has 0 aliphatic carbocycles. The first-order chi connectivity index (χ1) is 15.2. The number of carbonyl (C=O) groups excluding carboxylic acids is 2. The second-order valence-electron chi connectivity index (χ2n) is 6.54. The van der Waals surface area contributed by atoms with Crippen LogP contribution in [0.2, 0.25) is 0 Å². The predicted molar refractivity (Wildman–Crippen MR) is 118 cm³/mol. The van der Waals surface area contributed by atoms with E-state index < -0.39 is 11.8 Å². The zero-order valence-electron chi connectivity index (χ0n) is 17.1. The molecule has 0 heterocycles. The lowest BCUT2D eigenvalue weighted by Crippen LogP contribution is -2.37. The van der Waals surface area contributed by atoms with Crippen LogP contribution in [0, 0.1) is 0 Å². The Hall–Kier alpha value is -4.13. The molecule has 2 amide bonds. The fourth-order valence-corrected chi connectivity index (χ4v) is 2.67. The van der Waals surface area contributed by atoms with Crippen LogP contribution in [0.5, 0.6) is 11.5 Å². The fraction of sp³-hybridized carbons (Fsp3) is 0.125. The molecule has 0 unspecified atom stereocenters. The molecule has 3 aromatic rings. The molecule has 0 aromatic heterocycles. The summed E-state index contributed by atoms with van der Waals surface area (Å²) in [6.45, 7) is 0.627. The molecule has 2 N–H and O–H groups in total. The zero-order chi connectivity index (χ0) is 21.9. The van der Waals surface area contributed by atoms with Gasteiger partial charge >= 0.3 is 11.8 Å². The largest absolute Gasteiger partial charge is 0.497 e. The summed E-state index contributed by atoms with van der Waals surface area (Å²) >= 11 is 0. The van der Waals surface area contributed by atoms with Crippen LogP contribution in [0.15, 0.2) is 84.0 Å². The van der Waals surface area contributed by atoms with Crippen LogP contribution < -0.4 is 20.2 Å². The summed E-state index contributed by atoms with van der Waals surface area (Å²) in [5.74, 6) is -0.294. The van der Waals surface area contributed by atoms with E-state index in [0.29, 0.717) is 17.9 Å². The number of hydrazone groups is 1. The molecule has 0 aliphatic heterocycles. The van der Waals surface area contributed by atoms with Crippen LogP contribution in [0.4, 0.5) is 0 Å². The van der Waals surface area contributed by atoms with Gasteiger partial charge in [-0.3, -0.25) is 9.59 Å². The molecule has 0 bridgehead atoms. The second-order valence-corrected chi connectivity index (χ2v) is 6.54. The van der Waals surface area contributed by atoms with Crippen molar-refractivity contribution in [3.8, 4) is 11.5 Å². The maximum Gasteiger partial charge on any atom is 0.329 e. The van der Waals surface area contributed by atoms with Gasteiger partial charge in [0.2, 0.25) is 0 Å². The van der Waals surface area contributed by atoms with Gasteiger partial charge in [0.05, 0.1) is 13.3 Å². The summed E-state index contributed by atoms with van der Waals surface area (Å²) in [6.07, 6.45) is 1.44. The summed E-state index contributed by atoms with van der Waals surface area (Å²) in [5, 5.41) is 6.42. The van der Waals surface area contributed by atoms with Crippen molar-refractivity contribution < 1.29 is 19.1 Å². The molecule has 31 heavy (non-hydrogen) atoms. The van der Waals surface area contributed by atoms with Gasteiger partial charge in [-0.1, -0.05) is 54.6 Å². The third-order valence-corrected chi connectivity index (χ3v) is 4.34. The Morgan fingerprint density at radius 2 is 1.58 bits per heavy atom. The average molecular weight is 417 g/mol. The van der Waals surface area contributed by atoms with E-state index >= 15 is 0 Å². The molecule has 158 valence electrons. The number of nitrogens with zero attached hydrogens (tertiary/aromatic N) is 1. The Morgan fingerprint density at radius 3 is 2.32 bits per heavy atom. The highest BCUT2D eigenvalue weighted by molar-refractivity contribution is 6.35. The summed E-state index contributed by atoms with van der Waals surface area (Å²) in [5.41, 5.74) is 4.79. The predicted octanol–water partition coefficient (Wildman–Crippen LogP) is 3.04. The molecule has 0 fully saturated rings. The molecule has 7 heteroatoms. The number of nitrogens with one attached hydrogen (secondary N) is 2. The molecular weight excluding hydrogens is 394 g/mol. The van der Waals surface area contributed by atoms with Crippen molar-refractivity contribution >= 4 is 18.0 Å². The van der Waals surface area contributed by atoms with Crippen molar-refractivity contribution in [2.75, 3.05) is 7.11 Å². The number of amides is 2. The first-order valence-electron chi connectivity index (χ1n) is 9.65. The Labute approximate surface area is 180 Å². The van der Waals surface area contributed by atoms with Gasteiger partial charge in [-0.25, -0.2) is 5.43 Å². The Morgan fingerprint density at radius 1 is 0.871 bits per heavy atom. The molecule has 0 atom stereocenters. The minimum Gasteiger partial charge on any atom is -0.497 e. The van der Waals surface area contributed by atoms with E-state index in [4.69, 9.17) is 9.47 Å². The van der Waals surface area contributed by atoms with Gasteiger partial charge in [0.15, 0.2) is 0 Å². The number of methoxy groups -OCH3 is 1. The molecule has 0 aliphatic rings. The van der Waals surface area contributed by atoms with E-state index in [9.17, 15) is 9.59 Å². The van der Waals surface area contributed by atoms with E-state index in [1.165, 1.54) is 6.21 Å². The summed E-state index contributed by atoms with van der Waals surface area (Å²) in [7, 11) is 1.58. The zero-order valence-corrected chi connectivity index (χ0v) is 17.1. The molecule has 0 saturated carbocycles. The monoisotopic (exact) mass is 417 g/mol. The Kier molecular flexibility index (Phi) is 7.77. The van der Waals surface area contributed by atoms with Crippen molar-refractivity contribution in [3.05, 3.63) is 95.6 Å². The standard InChI is InChI=1S/C24H23N3O4/c1-30-21-13-11-18(12-14-21)15-25-23(28)24(29)27-26-16-20-9-5-6-10-22(20)31-17-19-7-3-2-4-8-19/h2-14,16H,15,17H2,1H3,(H,25,28)(H,27,29). The SMILES string of the molecule is COc1ccc(CNC(=O)C(=O)NN=Cc2ccccc2OCc2ccccc2)cc1. The van der Waals surface area contributed by atoms with Crippen LogP contribution in [-0.4, -0.2) is 25.1 Å². The van der Waals surface area contributed by atoms with Crippen molar-refractivity contribution in [2.24, 2.45) is 5.10 Å². The fourth-order valence-electron chi connectivity index (χ4n) is 2.67. The molecule has 3 rings (SSSR count). The molecular formula is C24H23N3O4. The maximum atomic E-state index is 12.0. The number of para-hydroxylation sites is 1. The third-order valence-electron chi connectivity index (χ3n) is 4.34. The van der Waals surface area contributed by atoms with Crippen LogP contribution in [0.25, 0.3) is 0 Å². The van der Waals surface area contributed by atoms with Crippen LogP contribution >= 0.6 is 0 Å². The summed E-state index contributed by atoms with van der Waals surface area (Å²) in [4.78, 5) is 23.9. The quantitative estimate of drug-likeness (QED) is 0.335. The molecule has 0 radical (unpaired) electrons. The lowest BCUT2D eigenvalue weighted by Gasteiger charge is -2.09. The highest BCUT2D eigenvalue weighted by Crippen LogP contribution is 2.17. The van der Waals surface area contributed by atoms with E-state index in [1.807, 2.05) is 60.7 Å². The van der Waals surface area contributed by atoms with E-state index in [1.54, 1.807) is 25.3 Å². The number of benzene rings is 3. The smallest absolute Gasteiger partial charge is 0.329 e. The highest BCUT2D eigenvalue weighted by Gasteiger charge is 2.12. The van der Waals surface area contributed by atoms with Crippen molar-refractivity contribution in [1.29, 1.82) is 0 Å². The molecule has 3 aromatic carbocycles. The van der Waals surface area contributed by atoms with Gasteiger partial charge in [-0.05, 0) is 35.4 Å². The number of hydrogen-bond donors (Lipinski definition) is 2.